The van der Waals surface area contributed by atoms with Crippen molar-refractivity contribution < 1.29 is 14.0 Å². The molecule has 2 N–H and O–H groups in total. The van der Waals surface area contributed by atoms with Crippen molar-refractivity contribution in [1.29, 1.82) is 0 Å². The maximum atomic E-state index is 12.6. The SMILES string of the molecule is O=C(NCc1ccccc1CN1CCCCC1)c1ccc(NC(=O)c2ccco2)cc1. The number of hydrogen-bond acceptors (Lipinski definition) is 4. The van der Waals surface area contributed by atoms with Crippen molar-refractivity contribution in [1.82, 2.24) is 10.2 Å². The van der Waals surface area contributed by atoms with Crippen LogP contribution in [-0.4, -0.2) is 29.8 Å². The second-order valence-electron chi connectivity index (χ2n) is 7.80. The molecule has 0 spiro atoms. The average Bonchev–Trinajstić information content (AvgIpc) is 3.35. The number of nitrogens with zero attached hydrogens (tertiary/aromatic N) is 1. The lowest BCUT2D eigenvalue weighted by molar-refractivity contribution is 0.0950. The molecule has 1 saturated heterocycles. The highest BCUT2D eigenvalue weighted by Crippen LogP contribution is 2.17. The van der Waals surface area contributed by atoms with Gasteiger partial charge in [0.05, 0.1) is 6.26 Å². The number of furan rings is 1. The summed E-state index contributed by atoms with van der Waals surface area (Å²) in [5.74, 6) is -0.228. The number of likely N-dealkylation sites (tertiary alicyclic amines) is 1. The summed E-state index contributed by atoms with van der Waals surface area (Å²) < 4.78 is 5.08. The Balaban J connectivity index is 1.33. The van der Waals surface area contributed by atoms with Gasteiger partial charge in [-0.25, -0.2) is 0 Å². The molecule has 0 aliphatic carbocycles. The normalized spacial score (nSPS) is 14.2. The van der Waals surface area contributed by atoms with Crippen LogP contribution < -0.4 is 10.6 Å². The number of rotatable bonds is 7. The van der Waals surface area contributed by atoms with Crippen molar-refractivity contribution in [2.75, 3.05) is 18.4 Å². The van der Waals surface area contributed by atoms with Gasteiger partial charge in [0.2, 0.25) is 0 Å². The molecule has 2 amide bonds. The summed E-state index contributed by atoms with van der Waals surface area (Å²) in [7, 11) is 0. The van der Waals surface area contributed by atoms with Gasteiger partial charge < -0.3 is 15.1 Å². The van der Waals surface area contributed by atoms with Gasteiger partial charge in [-0.1, -0.05) is 30.7 Å². The minimum Gasteiger partial charge on any atom is -0.459 e. The third-order valence-corrected chi connectivity index (χ3v) is 5.55. The molecule has 0 bridgehead atoms. The van der Waals surface area contributed by atoms with Gasteiger partial charge in [-0.3, -0.25) is 14.5 Å². The third-order valence-electron chi connectivity index (χ3n) is 5.55. The Morgan fingerprint density at radius 2 is 1.58 bits per heavy atom. The molecule has 1 aromatic heterocycles. The zero-order valence-corrected chi connectivity index (χ0v) is 17.5. The van der Waals surface area contributed by atoms with Crippen molar-refractivity contribution in [2.45, 2.75) is 32.4 Å². The highest BCUT2D eigenvalue weighted by molar-refractivity contribution is 6.02. The molecule has 3 aromatic rings. The van der Waals surface area contributed by atoms with E-state index < -0.39 is 0 Å². The summed E-state index contributed by atoms with van der Waals surface area (Å²) in [6.07, 6.45) is 5.29. The van der Waals surface area contributed by atoms with Crippen LogP contribution >= 0.6 is 0 Å². The lowest BCUT2D eigenvalue weighted by Crippen LogP contribution is -2.30. The summed E-state index contributed by atoms with van der Waals surface area (Å²) in [6.45, 7) is 3.70. The number of piperidine rings is 1. The Labute approximate surface area is 182 Å². The Morgan fingerprint density at radius 3 is 2.29 bits per heavy atom. The first-order valence-corrected chi connectivity index (χ1v) is 10.7. The van der Waals surface area contributed by atoms with E-state index in [9.17, 15) is 9.59 Å². The first-order chi connectivity index (χ1) is 15.2. The molecule has 1 fully saturated rings. The molecule has 4 rings (SSSR count). The summed E-state index contributed by atoms with van der Waals surface area (Å²) in [4.78, 5) is 27.1. The van der Waals surface area contributed by atoms with Gasteiger partial charge >= 0.3 is 0 Å². The molecule has 6 nitrogen and oxygen atoms in total. The van der Waals surface area contributed by atoms with Crippen LogP contribution in [0.5, 0.6) is 0 Å². The van der Waals surface area contributed by atoms with Crippen LogP contribution in [0.1, 0.15) is 51.3 Å². The molecule has 0 unspecified atom stereocenters. The van der Waals surface area contributed by atoms with Crippen molar-refractivity contribution in [2.24, 2.45) is 0 Å². The molecular weight excluding hydrogens is 390 g/mol. The van der Waals surface area contributed by atoms with Crippen LogP contribution in [0.3, 0.4) is 0 Å². The third kappa shape index (κ3) is 5.61. The van der Waals surface area contributed by atoms with Crippen LogP contribution in [0.4, 0.5) is 5.69 Å². The van der Waals surface area contributed by atoms with Crippen molar-refractivity contribution in [3.05, 3.63) is 89.4 Å². The zero-order valence-electron chi connectivity index (χ0n) is 17.5. The first kappa shape index (κ1) is 20.9. The van der Waals surface area contributed by atoms with Crippen LogP contribution in [0.15, 0.2) is 71.3 Å². The minimum absolute atomic E-state index is 0.142. The van der Waals surface area contributed by atoms with Crippen LogP contribution in [0, 0.1) is 0 Å². The predicted molar refractivity (Wildman–Crippen MR) is 120 cm³/mol. The summed E-state index contributed by atoms with van der Waals surface area (Å²) >= 11 is 0. The molecule has 160 valence electrons. The molecular formula is C25H27N3O3. The maximum absolute atomic E-state index is 12.6. The van der Waals surface area contributed by atoms with E-state index >= 15 is 0 Å². The van der Waals surface area contributed by atoms with E-state index in [4.69, 9.17) is 4.42 Å². The lowest BCUT2D eigenvalue weighted by atomic mass is 10.0. The molecule has 6 heteroatoms. The van der Waals surface area contributed by atoms with E-state index in [2.05, 4.69) is 33.7 Å². The molecule has 0 atom stereocenters. The number of hydrogen-bond donors (Lipinski definition) is 2. The molecule has 2 heterocycles. The van der Waals surface area contributed by atoms with Crippen LogP contribution in [0.25, 0.3) is 0 Å². The topological polar surface area (TPSA) is 74.6 Å². The predicted octanol–water partition coefficient (Wildman–Crippen LogP) is 4.45. The highest BCUT2D eigenvalue weighted by Gasteiger charge is 2.14. The van der Waals surface area contributed by atoms with Gasteiger partial charge in [-0.05, 0) is 73.5 Å². The second kappa shape index (κ2) is 10.1. The van der Waals surface area contributed by atoms with Gasteiger partial charge in [0, 0.05) is 24.3 Å². The molecule has 31 heavy (non-hydrogen) atoms. The fourth-order valence-corrected chi connectivity index (χ4v) is 3.83. The molecule has 0 radical (unpaired) electrons. The number of amides is 2. The van der Waals surface area contributed by atoms with Gasteiger partial charge in [-0.2, -0.15) is 0 Å². The summed E-state index contributed by atoms with van der Waals surface area (Å²) in [5.41, 5.74) is 3.55. The zero-order chi connectivity index (χ0) is 21.5. The Morgan fingerprint density at radius 1 is 0.839 bits per heavy atom. The molecule has 1 aliphatic rings. The van der Waals surface area contributed by atoms with E-state index in [1.807, 2.05) is 6.07 Å². The number of anilines is 1. The van der Waals surface area contributed by atoms with Crippen molar-refractivity contribution in [3.63, 3.8) is 0 Å². The lowest BCUT2D eigenvalue weighted by Gasteiger charge is -2.27. The number of carbonyl (C=O) groups excluding carboxylic acids is 2. The van der Waals surface area contributed by atoms with Gasteiger partial charge in [0.1, 0.15) is 0 Å². The van der Waals surface area contributed by atoms with E-state index in [0.29, 0.717) is 17.8 Å². The van der Waals surface area contributed by atoms with Gasteiger partial charge in [-0.15, -0.1) is 0 Å². The van der Waals surface area contributed by atoms with Gasteiger partial charge in [0.15, 0.2) is 5.76 Å². The quantitative estimate of drug-likeness (QED) is 0.596. The summed E-state index contributed by atoms with van der Waals surface area (Å²) in [5, 5.41) is 5.76. The van der Waals surface area contributed by atoms with Crippen LogP contribution in [0.2, 0.25) is 0 Å². The number of nitrogens with one attached hydrogen (secondary N) is 2. The molecule has 2 aromatic carbocycles. The van der Waals surface area contributed by atoms with Crippen molar-refractivity contribution in [3.8, 4) is 0 Å². The Hall–Kier alpha value is -3.38. The number of benzene rings is 2. The fraction of sp³-hybridized carbons (Fsp3) is 0.280. The first-order valence-electron chi connectivity index (χ1n) is 10.7. The van der Waals surface area contributed by atoms with E-state index in [1.54, 1.807) is 36.4 Å². The van der Waals surface area contributed by atoms with Gasteiger partial charge in [0.25, 0.3) is 11.8 Å². The standard InChI is InChI=1S/C25H27N3O3/c29-24(19-10-12-22(13-11-19)27-25(30)23-9-6-16-31-23)26-17-20-7-2-3-8-21(20)18-28-14-4-1-5-15-28/h2-3,6-13,16H,1,4-5,14-15,17-18H2,(H,26,29)(H,27,30). The monoisotopic (exact) mass is 417 g/mol. The molecule has 1 aliphatic heterocycles. The smallest absolute Gasteiger partial charge is 0.291 e. The average molecular weight is 418 g/mol. The minimum atomic E-state index is -0.326. The van der Waals surface area contributed by atoms with Crippen LogP contribution in [-0.2, 0) is 13.1 Å². The fourth-order valence-electron chi connectivity index (χ4n) is 3.83. The second-order valence-corrected chi connectivity index (χ2v) is 7.80. The Kier molecular flexibility index (Phi) is 6.79. The Bertz CT molecular complexity index is 1010. The van der Waals surface area contributed by atoms with E-state index in [0.717, 1.165) is 25.2 Å². The maximum Gasteiger partial charge on any atom is 0.291 e. The molecule has 0 saturated carbocycles. The number of carbonyl (C=O) groups is 2. The highest BCUT2D eigenvalue weighted by atomic mass is 16.3. The van der Waals surface area contributed by atoms with E-state index in [1.165, 1.54) is 31.1 Å². The largest absolute Gasteiger partial charge is 0.459 e. The summed E-state index contributed by atoms with van der Waals surface area (Å²) in [6, 6.07) is 18.4. The van der Waals surface area contributed by atoms with Crippen molar-refractivity contribution >= 4 is 17.5 Å². The van der Waals surface area contributed by atoms with E-state index in [-0.39, 0.29) is 17.6 Å².